The standard InChI is InChI=1S/C13H8F4N2O2.C2H6/c1-6-2-3-10(7(14)4-6)18-12-11(17)8(15)5-9(16)13(12)19(20)21;1-2/h2-5,18H,1H3;1-2H3. The van der Waals surface area contributed by atoms with E-state index in [1.807, 2.05) is 19.2 Å². The van der Waals surface area contributed by atoms with E-state index in [1.165, 1.54) is 12.1 Å². The zero-order chi connectivity index (χ0) is 17.7. The highest BCUT2D eigenvalue weighted by atomic mass is 19.2. The fourth-order valence-electron chi connectivity index (χ4n) is 1.73. The number of benzene rings is 2. The Bertz CT molecular complexity index is 736. The van der Waals surface area contributed by atoms with Crippen molar-refractivity contribution in [3.63, 3.8) is 0 Å². The molecule has 2 aromatic rings. The molecule has 0 aliphatic rings. The van der Waals surface area contributed by atoms with E-state index in [1.54, 1.807) is 6.92 Å². The Morgan fingerprint density at radius 1 is 1.00 bits per heavy atom. The number of nitrogens with one attached hydrogen (secondary N) is 1. The molecular weight excluding hydrogens is 316 g/mol. The number of nitrogens with zero attached hydrogens (tertiary/aromatic N) is 1. The summed E-state index contributed by atoms with van der Waals surface area (Å²) >= 11 is 0. The lowest BCUT2D eigenvalue weighted by molar-refractivity contribution is -0.386. The topological polar surface area (TPSA) is 55.2 Å². The molecule has 0 aliphatic heterocycles. The molecule has 0 heterocycles. The van der Waals surface area contributed by atoms with Gasteiger partial charge >= 0.3 is 5.69 Å². The summed E-state index contributed by atoms with van der Waals surface area (Å²) in [6.07, 6.45) is 0. The average Bonchev–Trinajstić information content (AvgIpc) is 2.48. The van der Waals surface area contributed by atoms with Crippen LogP contribution in [0.2, 0.25) is 0 Å². The Labute approximate surface area is 129 Å². The van der Waals surface area contributed by atoms with Gasteiger partial charge in [0.1, 0.15) is 5.82 Å². The Morgan fingerprint density at radius 2 is 1.61 bits per heavy atom. The quantitative estimate of drug-likeness (QED) is 0.363. The minimum Gasteiger partial charge on any atom is -0.345 e. The zero-order valence-electron chi connectivity index (χ0n) is 12.6. The van der Waals surface area contributed by atoms with Crippen molar-refractivity contribution in [2.45, 2.75) is 20.8 Å². The molecule has 1 N–H and O–H groups in total. The highest BCUT2D eigenvalue weighted by molar-refractivity contribution is 5.71. The molecule has 2 rings (SSSR count). The number of rotatable bonds is 3. The first-order chi connectivity index (χ1) is 10.8. The van der Waals surface area contributed by atoms with Gasteiger partial charge in [-0.15, -0.1) is 0 Å². The highest BCUT2D eigenvalue weighted by Crippen LogP contribution is 2.35. The molecule has 0 fully saturated rings. The molecule has 0 aromatic heterocycles. The first-order valence-corrected chi connectivity index (χ1v) is 6.66. The van der Waals surface area contributed by atoms with E-state index in [9.17, 15) is 27.7 Å². The molecule has 0 saturated carbocycles. The van der Waals surface area contributed by atoms with E-state index in [2.05, 4.69) is 0 Å². The lowest BCUT2D eigenvalue weighted by Gasteiger charge is -2.10. The van der Waals surface area contributed by atoms with Crippen molar-refractivity contribution >= 4 is 17.1 Å². The Kier molecular flexibility index (Phi) is 6.06. The number of hydrogen-bond acceptors (Lipinski definition) is 3. The van der Waals surface area contributed by atoms with Crippen LogP contribution in [0.1, 0.15) is 19.4 Å². The normalized spacial score (nSPS) is 9.87. The van der Waals surface area contributed by atoms with Crippen LogP contribution >= 0.6 is 0 Å². The van der Waals surface area contributed by atoms with Crippen LogP contribution in [0.5, 0.6) is 0 Å². The Balaban J connectivity index is 0.00000127. The molecule has 0 saturated heterocycles. The SMILES string of the molecule is CC.Cc1ccc(Nc2c(F)c(F)cc(F)c2[N+](=O)[O-])c(F)c1. The molecule has 0 bridgehead atoms. The van der Waals surface area contributed by atoms with Crippen LogP contribution in [0, 0.1) is 40.3 Å². The number of anilines is 2. The highest BCUT2D eigenvalue weighted by Gasteiger charge is 2.28. The van der Waals surface area contributed by atoms with Crippen molar-refractivity contribution in [1.29, 1.82) is 0 Å². The second-order valence-corrected chi connectivity index (χ2v) is 4.24. The van der Waals surface area contributed by atoms with Crippen molar-refractivity contribution in [2.75, 3.05) is 5.32 Å². The zero-order valence-corrected chi connectivity index (χ0v) is 12.6. The van der Waals surface area contributed by atoms with Gasteiger partial charge in [0.15, 0.2) is 17.3 Å². The summed E-state index contributed by atoms with van der Waals surface area (Å²) in [6, 6.07) is 3.77. The fourth-order valence-corrected chi connectivity index (χ4v) is 1.73. The number of nitro groups is 1. The van der Waals surface area contributed by atoms with Crippen LogP contribution in [0.4, 0.5) is 34.6 Å². The van der Waals surface area contributed by atoms with Crippen LogP contribution in [-0.2, 0) is 0 Å². The molecule has 0 spiro atoms. The molecule has 0 amide bonds. The van der Waals surface area contributed by atoms with E-state index in [4.69, 9.17) is 0 Å². The minimum atomic E-state index is -1.66. The Morgan fingerprint density at radius 3 is 2.13 bits per heavy atom. The number of aryl methyl sites for hydroxylation is 1. The van der Waals surface area contributed by atoms with Crippen LogP contribution in [0.15, 0.2) is 24.3 Å². The van der Waals surface area contributed by atoms with Gasteiger partial charge in [-0.1, -0.05) is 19.9 Å². The molecule has 23 heavy (non-hydrogen) atoms. The lowest BCUT2D eigenvalue weighted by Crippen LogP contribution is -2.05. The van der Waals surface area contributed by atoms with E-state index < -0.39 is 39.6 Å². The minimum absolute atomic E-state index is 0.0597. The predicted octanol–water partition coefficient (Wildman–Crippen LogP) is 5.23. The van der Waals surface area contributed by atoms with Gasteiger partial charge in [0.2, 0.25) is 5.82 Å². The van der Waals surface area contributed by atoms with Gasteiger partial charge in [-0.3, -0.25) is 10.1 Å². The molecule has 124 valence electrons. The third-order valence-electron chi connectivity index (χ3n) is 2.71. The van der Waals surface area contributed by atoms with Gasteiger partial charge in [-0.25, -0.2) is 13.2 Å². The van der Waals surface area contributed by atoms with Gasteiger partial charge in [0, 0.05) is 6.07 Å². The first-order valence-electron chi connectivity index (χ1n) is 6.66. The van der Waals surface area contributed by atoms with Gasteiger partial charge in [0.05, 0.1) is 10.6 Å². The summed E-state index contributed by atoms with van der Waals surface area (Å²) in [7, 11) is 0. The van der Waals surface area contributed by atoms with Gasteiger partial charge in [-0.2, -0.15) is 4.39 Å². The summed E-state index contributed by atoms with van der Waals surface area (Å²) in [4.78, 5) is 9.56. The molecule has 0 atom stereocenters. The summed E-state index contributed by atoms with van der Waals surface area (Å²) in [6.45, 7) is 5.59. The number of halogens is 4. The molecule has 0 aliphatic carbocycles. The van der Waals surface area contributed by atoms with E-state index >= 15 is 0 Å². The predicted molar refractivity (Wildman–Crippen MR) is 78.7 cm³/mol. The van der Waals surface area contributed by atoms with Crippen molar-refractivity contribution in [2.24, 2.45) is 0 Å². The van der Waals surface area contributed by atoms with E-state index in [0.717, 1.165) is 6.07 Å². The van der Waals surface area contributed by atoms with Crippen molar-refractivity contribution in [3.05, 3.63) is 63.2 Å². The van der Waals surface area contributed by atoms with E-state index in [0.29, 0.717) is 5.56 Å². The van der Waals surface area contributed by atoms with Crippen LogP contribution in [0.25, 0.3) is 0 Å². The molecule has 4 nitrogen and oxygen atoms in total. The lowest BCUT2D eigenvalue weighted by atomic mass is 10.2. The second kappa shape index (κ2) is 7.57. The van der Waals surface area contributed by atoms with Crippen molar-refractivity contribution in [1.82, 2.24) is 0 Å². The molecule has 0 radical (unpaired) electrons. The third kappa shape index (κ3) is 3.97. The summed E-state index contributed by atoms with van der Waals surface area (Å²) in [5.74, 6) is -5.68. The smallest absolute Gasteiger partial charge is 0.331 e. The van der Waals surface area contributed by atoms with Crippen molar-refractivity contribution < 1.29 is 22.5 Å². The maximum atomic E-state index is 13.7. The van der Waals surface area contributed by atoms with Gasteiger partial charge in [0.25, 0.3) is 0 Å². The van der Waals surface area contributed by atoms with Crippen LogP contribution in [-0.4, -0.2) is 4.92 Å². The molecule has 2 aromatic carbocycles. The van der Waals surface area contributed by atoms with E-state index in [-0.39, 0.29) is 11.8 Å². The largest absolute Gasteiger partial charge is 0.345 e. The third-order valence-corrected chi connectivity index (χ3v) is 2.71. The first kappa shape index (κ1) is 18.4. The fraction of sp³-hybridized carbons (Fsp3) is 0.200. The second-order valence-electron chi connectivity index (χ2n) is 4.24. The van der Waals surface area contributed by atoms with Crippen LogP contribution in [0.3, 0.4) is 0 Å². The number of hydrogen-bond donors (Lipinski definition) is 1. The number of nitro benzene ring substituents is 1. The van der Waals surface area contributed by atoms with Gasteiger partial charge < -0.3 is 5.32 Å². The molecule has 0 unspecified atom stereocenters. The summed E-state index contributed by atoms with van der Waals surface area (Å²) in [5.41, 5.74) is -2.15. The average molecular weight is 330 g/mol. The van der Waals surface area contributed by atoms with Gasteiger partial charge in [-0.05, 0) is 24.6 Å². The summed E-state index contributed by atoms with van der Waals surface area (Å²) in [5, 5.41) is 12.8. The molecular formula is C15H14F4N2O2. The maximum absolute atomic E-state index is 13.7. The Hall–Kier alpha value is -2.64. The van der Waals surface area contributed by atoms with Crippen LogP contribution < -0.4 is 5.32 Å². The summed E-state index contributed by atoms with van der Waals surface area (Å²) < 4.78 is 53.9. The monoisotopic (exact) mass is 330 g/mol. The van der Waals surface area contributed by atoms with Crippen molar-refractivity contribution in [3.8, 4) is 0 Å². The maximum Gasteiger partial charge on any atom is 0.331 e. The molecule has 8 heteroatoms.